The lowest BCUT2D eigenvalue weighted by Gasteiger charge is -2.15. The SMILES string of the molecule is CN=C(NCCc1ccc2c(c1)OCO2)NCc1cccnc1OCC(F)(F)F. The van der Waals surface area contributed by atoms with Gasteiger partial charge in [-0.1, -0.05) is 12.1 Å². The molecule has 7 nitrogen and oxygen atoms in total. The molecule has 0 aliphatic carbocycles. The van der Waals surface area contributed by atoms with Crippen LogP contribution in [0.2, 0.25) is 0 Å². The average molecular weight is 410 g/mol. The van der Waals surface area contributed by atoms with E-state index in [-0.39, 0.29) is 19.2 Å². The summed E-state index contributed by atoms with van der Waals surface area (Å²) in [6.45, 7) is -0.343. The minimum absolute atomic E-state index is 0.0619. The number of alkyl halides is 3. The number of pyridine rings is 1. The van der Waals surface area contributed by atoms with Crippen LogP contribution in [0.25, 0.3) is 0 Å². The second-order valence-corrected chi connectivity index (χ2v) is 6.16. The number of guanidine groups is 1. The van der Waals surface area contributed by atoms with Crippen LogP contribution < -0.4 is 24.8 Å². The van der Waals surface area contributed by atoms with Crippen molar-refractivity contribution in [3.8, 4) is 17.4 Å². The second-order valence-electron chi connectivity index (χ2n) is 6.16. The molecular formula is C19H21F3N4O3. The number of ether oxygens (including phenoxy) is 3. The highest BCUT2D eigenvalue weighted by Gasteiger charge is 2.29. The number of aliphatic imine (C=N–C) groups is 1. The minimum atomic E-state index is -4.42. The summed E-state index contributed by atoms with van der Waals surface area (Å²) >= 11 is 0. The van der Waals surface area contributed by atoms with Crippen LogP contribution in [0.4, 0.5) is 13.2 Å². The standard InChI is InChI=1S/C19H21F3N4O3/c1-23-18(25-8-6-13-4-5-15-16(9-13)29-12-28-15)26-10-14-3-2-7-24-17(14)27-11-19(20,21)22/h2-5,7,9H,6,8,10-12H2,1H3,(H2,23,25,26). The van der Waals surface area contributed by atoms with Crippen molar-refractivity contribution in [1.29, 1.82) is 0 Å². The monoisotopic (exact) mass is 410 g/mol. The number of hydrogen-bond donors (Lipinski definition) is 2. The largest absolute Gasteiger partial charge is 0.468 e. The minimum Gasteiger partial charge on any atom is -0.468 e. The Hall–Kier alpha value is -3.17. The molecule has 3 rings (SSSR count). The van der Waals surface area contributed by atoms with Crippen LogP contribution in [0.5, 0.6) is 17.4 Å². The van der Waals surface area contributed by atoms with E-state index in [0.29, 0.717) is 18.1 Å². The quantitative estimate of drug-likeness (QED) is 0.540. The molecule has 10 heteroatoms. The highest BCUT2D eigenvalue weighted by atomic mass is 19.4. The number of nitrogens with one attached hydrogen (secondary N) is 2. The van der Waals surface area contributed by atoms with E-state index >= 15 is 0 Å². The topological polar surface area (TPSA) is 77.0 Å². The summed E-state index contributed by atoms with van der Waals surface area (Å²) in [6.07, 6.45) is -2.31. The van der Waals surface area contributed by atoms with E-state index in [4.69, 9.17) is 14.2 Å². The van der Waals surface area contributed by atoms with Gasteiger partial charge in [0, 0.05) is 31.9 Å². The van der Waals surface area contributed by atoms with Crippen molar-refractivity contribution in [3.05, 3.63) is 47.7 Å². The van der Waals surface area contributed by atoms with E-state index in [1.54, 1.807) is 19.2 Å². The van der Waals surface area contributed by atoms with Crippen molar-refractivity contribution in [1.82, 2.24) is 15.6 Å². The van der Waals surface area contributed by atoms with Crippen molar-refractivity contribution in [3.63, 3.8) is 0 Å². The summed E-state index contributed by atoms with van der Waals surface area (Å²) in [5, 5.41) is 6.20. The summed E-state index contributed by atoms with van der Waals surface area (Å²) in [5.74, 6) is 1.91. The van der Waals surface area contributed by atoms with Crippen molar-refractivity contribution in [2.24, 2.45) is 4.99 Å². The first-order valence-corrected chi connectivity index (χ1v) is 8.91. The molecule has 29 heavy (non-hydrogen) atoms. The molecule has 156 valence electrons. The first kappa shape index (κ1) is 20.6. The normalized spacial score (nSPS) is 13.3. The van der Waals surface area contributed by atoms with Crippen LogP contribution in [-0.4, -0.2) is 44.1 Å². The Morgan fingerprint density at radius 2 is 2.03 bits per heavy atom. The lowest BCUT2D eigenvalue weighted by molar-refractivity contribution is -0.154. The maximum absolute atomic E-state index is 12.4. The van der Waals surface area contributed by atoms with Crippen molar-refractivity contribution in [2.75, 3.05) is 27.0 Å². The van der Waals surface area contributed by atoms with E-state index in [2.05, 4.69) is 20.6 Å². The Kier molecular flexibility index (Phi) is 6.63. The Labute approximate surface area is 165 Å². The summed E-state index contributed by atoms with van der Waals surface area (Å²) in [5.41, 5.74) is 1.57. The predicted octanol–water partition coefficient (Wildman–Crippen LogP) is 2.66. The molecule has 2 aromatic rings. The van der Waals surface area contributed by atoms with Gasteiger partial charge in [0.1, 0.15) is 0 Å². The van der Waals surface area contributed by atoms with Crippen molar-refractivity contribution in [2.45, 2.75) is 19.1 Å². The second kappa shape index (κ2) is 9.35. The first-order valence-electron chi connectivity index (χ1n) is 8.91. The van der Waals surface area contributed by atoms with Gasteiger partial charge >= 0.3 is 6.18 Å². The predicted molar refractivity (Wildman–Crippen MR) is 100 cm³/mol. The van der Waals surface area contributed by atoms with Crippen LogP contribution >= 0.6 is 0 Å². The highest BCUT2D eigenvalue weighted by Crippen LogP contribution is 2.32. The number of halogens is 3. The Balaban J connectivity index is 1.48. The van der Waals surface area contributed by atoms with Crippen LogP contribution in [0.3, 0.4) is 0 Å². The third-order valence-corrected chi connectivity index (χ3v) is 4.04. The van der Waals surface area contributed by atoms with Crippen molar-refractivity contribution < 1.29 is 27.4 Å². The summed E-state index contributed by atoms with van der Waals surface area (Å²) in [7, 11) is 1.61. The third-order valence-electron chi connectivity index (χ3n) is 4.04. The van der Waals surface area contributed by atoms with E-state index < -0.39 is 12.8 Å². The van der Waals surface area contributed by atoms with Crippen LogP contribution in [-0.2, 0) is 13.0 Å². The van der Waals surface area contributed by atoms with Gasteiger partial charge in [-0.15, -0.1) is 0 Å². The maximum atomic E-state index is 12.4. The molecule has 0 saturated carbocycles. The first-order chi connectivity index (χ1) is 13.9. The lowest BCUT2D eigenvalue weighted by atomic mass is 10.1. The number of fused-ring (bicyclic) bond motifs is 1. The highest BCUT2D eigenvalue weighted by molar-refractivity contribution is 5.79. The molecule has 0 atom stereocenters. The molecule has 1 aromatic heterocycles. The molecule has 0 radical (unpaired) electrons. The van der Waals surface area contributed by atoms with Gasteiger partial charge < -0.3 is 24.8 Å². The molecule has 0 spiro atoms. The van der Waals surface area contributed by atoms with Gasteiger partial charge in [-0.3, -0.25) is 4.99 Å². The lowest BCUT2D eigenvalue weighted by Crippen LogP contribution is -2.38. The van der Waals surface area contributed by atoms with Crippen LogP contribution in [0, 0.1) is 0 Å². The molecule has 2 heterocycles. The third kappa shape index (κ3) is 6.16. The molecule has 0 unspecified atom stereocenters. The summed E-state index contributed by atoms with van der Waals surface area (Å²) in [6, 6.07) is 9.04. The molecule has 1 aliphatic rings. The average Bonchev–Trinajstić information content (AvgIpc) is 3.17. The molecule has 0 fully saturated rings. The van der Waals surface area contributed by atoms with Crippen LogP contribution in [0.1, 0.15) is 11.1 Å². The molecule has 1 aliphatic heterocycles. The van der Waals surface area contributed by atoms with Gasteiger partial charge in [0.15, 0.2) is 24.1 Å². The fraction of sp³-hybridized carbons (Fsp3) is 0.368. The summed E-state index contributed by atoms with van der Waals surface area (Å²) in [4.78, 5) is 7.99. The van der Waals surface area contributed by atoms with E-state index in [1.807, 2.05) is 18.2 Å². The zero-order chi connectivity index (χ0) is 20.7. The molecule has 0 bridgehead atoms. The summed E-state index contributed by atoms with van der Waals surface area (Å²) < 4.78 is 52.6. The van der Waals surface area contributed by atoms with E-state index in [1.165, 1.54) is 6.20 Å². The van der Waals surface area contributed by atoms with Crippen LogP contribution in [0.15, 0.2) is 41.5 Å². The molecule has 0 saturated heterocycles. The molecular weight excluding hydrogens is 389 g/mol. The van der Waals surface area contributed by atoms with Crippen molar-refractivity contribution >= 4 is 5.96 Å². The van der Waals surface area contributed by atoms with E-state index in [0.717, 1.165) is 23.5 Å². The van der Waals surface area contributed by atoms with Gasteiger partial charge in [-0.25, -0.2) is 4.98 Å². The molecule has 1 aromatic carbocycles. The fourth-order valence-electron chi connectivity index (χ4n) is 2.66. The van der Waals surface area contributed by atoms with Gasteiger partial charge in [0.2, 0.25) is 12.7 Å². The Morgan fingerprint density at radius 3 is 2.83 bits per heavy atom. The smallest absolute Gasteiger partial charge is 0.422 e. The zero-order valence-corrected chi connectivity index (χ0v) is 15.8. The van der Waals surface area contributed by atoms with Gasteiger partial charge in [0.05, 0.1) is 0 Å². The zero-order valence-electron chi connectivity index (χ0n) is 15.8. The van der Waals surface area contributed by atoms with Gasteiger partial charge in [-0.2, -0.15) is 13.2 Å². The Morgan fingerprint density at radius 1 is 1.21 bits per heavy atom. The molecule has 0 amide bonds. The van der Waals surface area contributed by atoms with E-state index in [9.17, 15) is 13.2 Å². The number of rotatable bonds is 7. The fourth-order valence-corrected chi connectivity index (χ4v) is 2.66. The van der Waals surface area contributed by atoms with Gasteiger partial charge in [0.25, 0.3) is 0 Å². The number of benzene rings is 1. The number of nitrogens with zero attached hydrogens (tertiary/aromatic N) is 2. The Bertz CT molecular complexity index is 859. The van der Waals surface area contributed by atoms with Gasteiger partial charge in [-0.05, 0) is 30.2 Å². The number of hydrogen-bond acceptors (Lipinski definition) is 5. The maximum Gasteiger partial charge on any atom is 0.422 e. The molecule has 2 N–H and O–H groups in total. The number of aromatic nitrogens is 1.